The summed E-state index contributed by atoms with van der Waals surface area (Å²) >= 11 is 6.15. The lowest BCUT2D eigenvalue weighted by Crippen LogP contribution is -2.45. The van der Waals surface area contributed by atoms with E-state index in [4.69, 9.17) is 23.1 Å². The van der Waals surface area contributed by atoms with Crippen molar-refractivity contribution in [2.75, 3.05) is 12.3 Å². The number of nitrogens with one attached hydrogen (secondary N) is 1. The fraction of sp³-hybridized carbons (Fsp3) is 0.368. The van der Waals surface area contributed by atoms with Crippen LogP contribution in [0, 0.1) is 0 Å². The lowest BCUT2D eigenvalue weighted by molar-refractivity contribution is 0.0917. The Labute approximate surface area is 164 Å². The van der Waals surface area contributed by atoms with Gasteiger partial charge in [0.05, 0.1) is 5.56 Å². The van der Waals surface area contributed by atoms with Crippen LogP contribution in [0.25, 0.3) is 0 Å². The first-order chi connectivity index (χ1) is 12.0. The largest absolute Gasteiger partial charge is 0.384 e. The third-order valence-electron chi connectivity index (χ3n) is 5.15. The molecule has 140 valence electrons. The second kappa shape index (κ2) is 8.71. The Morgan fingerprint density at radius 1 is 1.27 bits per heavy atom. The molecule has 1 fully saturated rings. The van der Waals surface area contributed by atoms with Gasteiger partial charge >= 0.3 is 0 Å². The van der Waals surface area contributed by atoms with Gasteiger partial charge in [0.25, 0.3) is 5.91 Å². The molecule has 7 heteroatoms. The van der Waals surface area contributed by atoms with E-state index in [1.807, 2.05) is 18.2 Å². The molecular formula is C19H24Cl2N4O. The number of aromatic nitrogens is 1. The first-order valence-electron chi connectivity index (χ1n) is 8.51. The monoisotopic (exact) mass is 394 g/mol. The summed E-state index contributed by atoms with van der Waals surface area (Å²) in [5.41, 5.74) is 13.3. The summed E-state index contributed by atoms with van der Waals surface area (Å²) in [4.78, 5) is 16.3. The minimum absolute atomic E-state index is 0. The van der Waals surface area contributed by atoms with Crippen LogP contribution < -0.4 is 16.8 Å². The molecule has 1 amide bonds. The molecule has 1 heterocycles. The molecule has 0 aliphatic heterocycles. The van der Waals surface area contributed by atoms with Crippen molar-refractivity contribution in [3.63, 3.8) is 0 Å². The lowest BCUT2D eigenvalue weighted by atomic mass is 9.68. The third-order valence-corrected chi connectivity index (χ3v) is 5.39. The summed E-state index contributed by atoms with van der Waals surface area (Å²) in [5, 5.41) is 3.83. The number of halogens is 2. The summed E-state index contributed by atoms with van der Waals surface area (Å²) < 4.78 is 0. The zero-order valence-corrected chi connectivity index (χ0v) is 16.0. The molecule has 0 bridgehead atoms. The van der Waals surface area contributed by atoms with Crippen LogP contribution >= 0.6 is 24.0 Å². The van der Waals surface area contributed by atoms with Gasteiger partial charge in [0.1, 0.15) is 5.82 Å². The number of nitrogens with zero attached hydrogens (tertiary/aromatic N) is 1. The predicted molar refractivity (Wildman–Crippen MR) is 108 cm³/mol. The zero-order valence-electron chi connectivity index (χ0n) is 14.5. The highest BCUT2D eigenvalue weighted by atomic mass is 35.5. The zero-order chi connectivity index (χ0) is 17.9. The first-order valence-corrected chi connectivity index (χ1v) is 8.89. The Morgan fingerprint density at radius 2 is 2.00 bits per heavy atom. The van der Waals surface area contributed by atoms with Crippen molar-refractivity contribution in [1.29, 1.82) is 0 Å². The van der Waals surface area contributed by atoms with Crippen molar-refractivity contribution in [2.24, 2.45) is 5.73 Å². The number of amides is 1. The molecule has 3 rings (SSSR count). The van der Waals surface area contributed by atoms with E-state index in [2.05, 4.69) is 16.4 Å². The smallest absolute Gasteiger partial charge is 0.253 e. The number of hydrogen-bond donors (Lipinski definition) is 3. The number of rotatable bonds is 4. The number of nitrogens with two attached hydrogens (primary N) is 2. The maximum atomic E-state index is 12.3. The van der Waals surface area contributed by atoms with Crippen LogP contribution in [0.5, 0.6) is 0 Å². The highest BCUT2D eigenvalue weighted by molar-refractivity contribution is 6.30. The summed E-state index contributed by atoms with van der Waals surface area (Å²) in [6, 6.07) is 11.4. The van der Waals surface area contributed by atoms with Gasteiger partial charge in [-0.05, 0) is 55.5 Å². The molecule has 1 aromatic carbocycles. The molecule has 0 atom stereocenters. The van der Waals surface area contributed by atoms with Crippen LogP contribution in [0.15, 0.2) is 42.6 Å². The number of benzene rings is 1. The number of nitrogen functional groups attached to an aromatic ring is 1. The molecule has 0 spiro atoms. The first kappa shape index (κ1) is 20.5. The standard InChI is InChI=1S/C19H23ClN4O.ClH/c20-15-3-1-2-14(10-15)19(12-21)8-6-16(7-9-19)24-18(25)13-4-5-17(22)23-11-13;/h1-5,10-11,16H,6-9,12,21H2,(H2,22,23)(H,24,25);1H/t16-,19+;. The van der Waals surface area contributed by atoms with Crippen molar-refractivity contribution in [3.8, 4) is 0 Å². The number of anilines is 1. The van der Waals surface area contributed by atoms with E-state index in [1.165, 1.54) is 11.8 Å². The third kappa shape index (κ3) is 4.47. The van der Waals surface area contributed by atoms with Gasteiger partial charge in [-0.1, -0.05) is 23.7 Å². The van der Waals surface area contributed by atoms with E-state index in [0.29, 0.717) is 17.9 Å². The lowest BCUT2D eigenvalue weighted by Gasteiger charge is -2.40. The highest BCUT2D eigenvalue weighted by Crippen LogP contribution is 2.39. The summed E-state index contributed by atoms with van der Waals surface area (Å²) in [5.74, 6) is 0.295. The molecule has 1 saturated carbocycles. The Balaban J connectivity index is 0.00000243. The Kier molecular flexibility index (Phi) is 6.87. The molecule has 1 aliphatic rings. The summed E-state index contributed by atoms with van der Waals surface area (Å²) in [6.07, 6.45) is 5.13. The van der Waals surface area contributed by atoms with Gasteiger partial charge in [-0.3, -0.25) is 4.79 Å². The van der Waals surface area contributed by atoms with Crippen LogP contribution in [-0.2, 0) is 5.41 Å². The molecule has 0 unspecified atom stereocenters. The number of hydrogen-bond acceptors (Lipinski definition) is 4. The summed E-state index contributed by atoms with van der Waals surface area (Å²) in [7, 11) is 0. The number of pyridine rings is 1. The van der Waals surface area contributed by atoms with Crippen LogP contribution in [0.2, 0.25) is 5.02 Å². The van der Waals surface area contributed by atoms with E-state index in [9.17, 15) is 4.79 Å². The average molecular weight is 395 g/mol. The molecule has 1 aromatic heterocycles. The molecule has 26 heavy (non-hydrogen) atoms. The van der Waals surface area contributed by atoms with Crippen molar-refractivity contribution in [1.82, 2.24) is 10.3 Å². The quantitative estimate of drug-likeness (QED) is 0.740. The topological polar surface area (TPSA) is 94.0 Å². The van der Waals surface area contributed by atoms with Crippen LogP contribution in [-0.4, -0.2) is 23.5 Å². The van der Waals surface area contributed by atoms with Crippen molar-refractivity contribution < 1.29 is 4.79 Å². The van der Waals surface area contributed by atoms with E-state index < -0.39 is 0 Å². The van der Waals surface area contributed by atoms with Crippen molar-refractivity contribution in [3.05, 3.63) is 58.7 Å². The SMILES string of the molecule is Cl.NC[C@]1(c2cccc(Cl)c2)CC[C@@H](NC(=O)c2ccc(N)nc2)CC1. The van der Waals surface area contributed by atoms with E-state index in [0.717, 1.165) is 30.7 Å². The Bertz CT molecular complexity index is 743. The predicted octanol–water partition coefficient (Wildman–Crippen LogP) is 3.31. The molecule has 1 aliphatic carbocycles. The second-order valence-electron chi connectivity index (χ2n) is 6.71. The van der Waals surface area contributed by atoms with Gasteiger partial charge in [-0.15, -0.1) is 12.4 Å². The van der Waals surface area contributed by atoms with Crippen molar-refractivity contribution in [2.45, 2.75) is 37.1 Å². The molecule has 5 N–H and O–H groups in total. The fourth-order valence-corrected chi connectivity index (χ4v) is 3.74. The molecule has 0 saturated heterocycles. The van der Waals surface area contributed by atoms with Gasteiger partial charge in [-0.2, -0.15) is 0 Å². The van der Waals surface area contributed by atoms with Gasteiger partial charge < -0.3 is 16.8 Å². The van der Waals surface area contributed by atoms with Gasteiger partial charge in [0.2, 0.25) is 0 Å². The van der Waals surface area contributed by atoms with E-state index in [1.54, 1.807) is 12.1 Å². The van der Waals surface area contributed by atoms with Crippen LogP contribution in [0.4, 0.5) is 5.82 Å². The highest BCUT2D eigenvalue weighted by Gasteiger charge is 2.36. The fourth-order valence-electron chi connectivity index (χ4n) is 3.55. The number of carbonyl (C=O) groups excluding carboxylic acids is 1. The maximum Gasteiger partial charge on any atom is 0.253 e. The van der Waals surface area contributed by atoms with Gasteiger partial charge in [0.15, 0.2) is 0 Å². The maximum absolute atomic E-state index is 12.3. The van der Waals surface area contributed by atoms with Crippen LogP contribution in [0.1, 0.15) is 41.6 Å². The Morgan fingerprint density at radius 3 is 2.58 bits per heavy atom. The second-order valence-corrected chi connectivity index (χ2v) is 7.15. The molecule has 0 radical (unpaired) electrons. The minimum atomic E-state index is -0.111. The van der Waals surface area contributed by atoms with Crippen LogP contribution in [0.3, 0.4) is 0 Å². The Hall–Kier alpha value is -1.82. The molecular weight excluding hydrogens is 371 g/mol. The normalized spacial score (nSPS) is 22.3. The van der Waals surface area contributed by atoms with E-state index >= 15 is 0 Å². The molecule has 2 aromatic rings. The number of carbonyl (C=O) groups is 1. The van der Waals surface area contributed by atoms with Crippen molar-refractivity contribution >= 4 is 35.7 Å². The molecule has 5 nitrogen and oxygen atoms in total. The average Bonchev–Trinajstić information content (AvgIpc) is 2.63. The summed E-state index contributed by atoms with van der Waals surface area (Å²) in [6.45, 7) is 0.579. The minimum Gasteiger partial charge on any atom is -0.384 e. The van der Waals surface area contributed by atoms with Gasteiger partial charge in [-0.25, -0.2) is 4.98 Å². The van der Waals surface area contributed by atoms with Gasteiger partial charge in [0, 0.05) is 29.2 Å². The van der Waals surface area contributed by atoms with E-state index in [-0.39, 0.29) is 29.8 Å².